The van der Waals surface area contributed by atoms with Crippen molar-refractivity contribution in [1.29, 1.82) is 10.5 Å². The molecule has 0 atom stereocenters. The highest BCUT2D eigenvalue weighted by molar-refractivity contribution is 6.17. The van der Waals surface area contributed by atoms with Crippen LogP contribution in [0.3, 0.4) is 0 Å². The maximum Gasteiger partial charge on any atom is 0.267 e. The summed E-state index contributed by atoms with van der Waals surface area (Å²) in [5, 5.41) is 18.0. The quantitative estimate of drug-likeness (QED) is 0.540. The van der Waals surface area contributed by atoms with Crippen LogP contribution in [0.4, 0.5) is 14.5 Å². The molecular formula is C23H19BF2N4O. The van der Waals surface area contributed by atoms with E-state index in [4.69, 9.17) is 15.3 Å². The summed E-state index contributed by atoms with van der Waals surface area (Å²) in [7, 11) is 1.78. The van der Waals surface area contributed by atoms with E-state index >= 15 is 0 Å². The molecule has 31 heavy (non-hydrogen) atoms. The lowest BCUT2D eigenvalue weighted by Gasteiger charge is -2.23. The number of benzene rings is 2. The average Bonchev–Trinajstić information content (AvgIpc) is 2.79. The molecule has 8 heteroatoms. The number of nitriles is 2. The van der Waals surface area contributed by atoms with Crippen LogP contribution in [0.1, 0.15) is 39.9 Å². The topological polar surface area (TPSA) is 72.9 Å². The van der Waals surface area contributed by atoms with Gasteiger partial charge in [0.15, 0.2) is 0 Å². The van der Waals surface area contributed by atoms with Gasteiger partial charge in [0.25, 0.3) is 6.43 Å². The Balaban J connectivity index is 1.87. The summed E-state index contributed by atoms with van der Waals surface area (Å²) >= 11 is 0. The standard InChI is InChI=1S/C23H19BF2N4O/c1-15-22(31-14-18-4-2-3-17(9-18)11-28)21(23(25)26)19(12-29-15)13-30(24)20-7-5-16(10-27)6-8-20/h2-9,12,23H,13-14,24H2,1H3. The minimum absolute atomic E-state index is 0.0483. The molecule has 0 fully saturated rings. The van der Waals surface area contributed by atoms with Gasteiger partial charge in [-0.05, 0) is 48.9 Å². The van der Waals surface area contributed by atoms with E-state index in [9.17, 15) is 8.78 Å². The predicted molar refractivity (Wildman–Crippen MR) is 115 cm³/mol. The van der Waals surface area contributed by atoms with Gasteiger partial charge in [0.05, 0.1) is 34.5 Å². The largest absolute Gasteiger partial charge is 0.486 e. The Labute approximate surface area is 180 Å². The van der Waals surface area contributed by atoms with Gasteiger partial charge in [0, 0.05) is 24.0 Å². The molecule has 1 aromatic heterocycles. The van der Waals surface area contributed by atoms with E-state index < -0.39 is 6.43 Å². The van der Waals surface area contributed by atoms with Gasteiger partial charge in [-0.15, -0.1) is 0 Å². The first kappa shape index (κ1) is 21.8. The number of hydrogen-bond donors (Lipinski definition) is 0. The zero-order valence-electron chi connectivity index (χ0n) is 17.1. The summed E-state index contributed by atoms with van der Waals surface area (Å²) in [5.74, 6) is 0.0584. The molecule has 5 nitrogen and oxygen atoms in total. The number of rotatable bonds is 7. The van der Waals surface area contributed by atoms with Crippen LogP contribution in [0.2, 0.25) is 0 Å². The fourth-order valence-electron chi connectivity index (χ4n) is 3.21. The maximum atomic E-state index is 14.1. The predicted octanol–water partition coefficient (Wildman–Crippen LogP) is 4.20. The first-order valence-electron chi connectivity index (χ1n) is 9.52. The number of pyridine rings is 1. The number of alkyl halides is 2. The Morgan fingerprint density at radius 1 is 1.10 bits per heavy atom. The Kier molecular flexibility index (Phi) is 6.84. The molecule has 0 bridgehead atoms. The molecule has 0 aliphatic heterocycles. The van der Waals surface area contributed by atoms with Gasteiger partial charge in [0.1, 0.15) is 12.4 Å². The molecule has 0 N–H and O–H groups in total. The van der Waals surface area contributed by atoms with E-state index in [0.29, 0.717) is 27.9 Å². The van der Waals surface area contributed by atoms with E-state index in [1.54, 1.807) is 68.2 Å². The van der Waals surface area contributed by atoms with Crippen LogP contribution in [-0.4, -0.2) is 13.0 Å². The second-order valence-electron chi connectivity index (χ2n) is 7.03. The SMILES string of the molecule is BN(Cc1cnc(C)c(OCc2cccc(C#N)c2)c1C(F)F)c1ccc(C#N)cc1. The van der Waals surface area contributed by atoms with Crippen molar-refractivity contribution in [3.8, 4) is 17.9 Å². The average molecular weight is 416 g/mol. The number of aromatic nitrogens is 1. The first-order chi connectivity index (χ1) is 14.9. The molecule has 0 saturated carbocycles. The summed E-state index contributed by atoms with van der Waals surface area (Å²) in [6, 6.07) is 17.8. The molecule has 3 aromatic rings. The van der Waals surface area contributed by atoms with Crippen LogP contribution in [-0.2, 0) is 13.2 Å². The molecule has 0 unspecified atom stereocenters. The van der Waals surface area contributed by atoms with Gasteiger partial charge in [-0.3, -0.25) is 4.98 Å². The van der Waals surface area contributed by atoms with Crippen molar-refractivity contribution in [2.45, 2.75) is 26.5 Å². The molecule has 0 radical (unpaired) electrons. The van der Waals surface area contributed by atoms with Crippen LogP contribution < -0.4 is 9.55 Å². The number of anilines is 1. The molecule has 154 valence electrons. The lowest BCUT2D eigenvalue weighted by Crippen LogP contribution is -2.20. The maximum absolute atomic E-state index is 14.1. The van der Waals surface area contributed by atoms with Crippen LogP contribution >= 0.6 is 0 Å². The monoisotopic (exact) mass is 416 g/mol. The zero-order valence-corrected chi connectivity index (χ0v) is 17.1. The highest BCUT2D eigenvalue weighted by Gasteiger charge is 2.23. The third-order valence-corrected chi connectivity index (χ3v) is 4.84. The van der Waals surface area contributed by atoms with E-state index in [2.05, 4.69) is 11.1 Å². The molecular weight excluding hydrogens is 397 g/mol. The smallest absolute Gasteiger partial charge is 0.267 e. The summed E-state index contributed by atoms with van der Waals surface area (Å²) in [5.41, 5.74) is 3.03. The molecule has 0 amide bonds. The van der Waals surface area contributed by atoms with E-state index in [0.717, 1.165) is 5.69 Å². The van der Waals surface area contributed by atoms with Crippen LogP contribution in [0.15, 0.2) is 54.7 Å². The molecule has 0 aliphatic carbocycles. The summed E-state index contributed by atoms with van der Waals surface area (Å²) in [4.78, 5) is 6.07. The van der Waals surface area contributed by atoms with Crippen molar-refractivity contribution in [3.05, 3.63) is 88.2 Å². The van der Waals surface area contributed by atoms with Crippen molar-refractivity contribution in [1.82, 2.24) is 4.98 Å². The van der Waals surface area contributed by atoms with Crippen molar-refractivity contribution >= 4 is 13.7 Å². The van der Waals surface area contributed by atoms with Gasteiger partial charge in [-0.1, -0.05) is 12.1 Å². The third-order valence-electron chi connectivity index (χ3n) is 4.84. The first-order valence-corrected chi connectivity index (χ1v) is 9.52. The Morgan fingerprint density at radius 3 is 2.45 bits per heavy atom. The normalized spacial score (nSPS) is 10.4. The number of hydrogen-bond acceptors (Lipinski definition) is 5. The summed E-state index contributed by atoms with van der Waals surface area (Å²) < 4.78 is 33.9. The number of halogens is 2. The van der Waals surface area contributed by atoms with Crippen molar-refractivity contribution < 1.29 is 13.5 Å². The molecule has 0 spiro atoms. The highest BCUT2D eigenvalue weighted by Crippen LogP contribution is 2.35. The second-order valence-corrected chi connectivity index (χ2v) is 7.03. The van der Waals surface area contributed by atoms with Gasteiger partial charge >= 0.3 is 0 Å². The van der Waals surface area contributed by atoms with Crippen LogP contribution in [0.25, 0.3) is 0 Å². The Morgan fingerprint density at radius 2 is 1.81 bits per heavy atom. The molecule has 1 heterocycles. The third kappa shape index (κ3) is 5.18. The Hall–Kier alpha value is -3.91. The van der Waals surface area contributed by atoms with Gasteiger partial charge < -0.3 is 9.55 Å². The number of nitrogens with zero attached hydrogens (tertiary/aromatic N) is 4. The minimum Gasteiger partial charge on any atom is -0.486 e. The zero-order chi connectivity index (χ0) is 22.4. The lowest BCUT2D eigenvalue weighted by molar-refractivity contribution is 0.142. The number of ether oxygens (including phenoxy) is 1. The summed E-state index contributed by atoms with van der Waals surface area (Å²) in [6.45, 7) is 1.87. The van der Waals surface area contributed by atoms with Crippen molar-refractivity contribution in [3.63, 3.8) is 0 Å². The van der Waals surface area contributed by atoms with Gasteiger partial charge in [-0.25, -0.2) is 8.78 Å². The van der Waals surface area contributed by atoms with Crippen LogP contribution in [0, 0.1) is 29.6 Å². The van der Waals surface area contributed by atoms with Gasteiger partial charge in [0.2, 0.25) is 7.98 Å². The highest BCUT2D eigenvalue weighted by atomic mass is 19.3. The molecule has 2 aromatic carbocycles. The number of aryl methyl sites for hydroxylation is 1. The van der Waals surface area contributed by atoms with Crippen molar-refractivity contribution in [2.75, 3.05) is 4.81 Å². The van der Waals surface area contributed by atoms with E-state index in [1.165, 1.54) is 6.20 Å². The fraction of sp³-hybridized carbons (Fsp3) is 0.174. The van der Waals surface area contributed by atoms with Crippen molar-refractivity contribution in [2.24, 2.45) is 0 Å². The summed E-state index contributed by atoms with van der Waals surface area (Å²) in [6.07, 6.45) is -1.30. The molecule has 0 aliphatic rings. The molecule has 3 rings (SSSR count). The Bertz CT molecular complexity index is 1150. The van der Waals surface area contributed by atoms with E-state index in [1.807, 2.05) is 6.07 Å². The van der Waals surface area contributed by atoms with Gasteiger partial charge in [-0.2, -0.15) is 10.5 Å². The van der Waals surface area contributed by atoms with E-state index in [-0.39, 0.29) is 24.5 Å². The minimum atomic E-state index is -2.74. The van der Waals surface area contributed by atoms with Crippen LogP contribution in [0.5, 0.6) is 5.75 Å². The second kappa shape index (κ2) is 9.73. The fourth-order valence-corrected chi connectivity index (χ4v) is 3.21. The molecule has 0 saturated heterocycles. The lowest BCUT2D eigenvalue weighted by atomic mass is 10.0.